The molecule has 2 aromatic carbocycles. The van der Waals surface area contributed by atoms with E-state index >= 15 is 0 Å². The van der Waals surface area contributed by atoms with Gasteiger partial charge in [-0.3, -0.25) is 4.79 Å². The number of aliphatic hydroxyl groups excluding tert-OH is 3. The number of aliphatic carboxylic acids is 1. The number of phenolic OH excluding ortho intramolecular Hbond substituents is 2. The summed E-state index contributed by atoms with van der Waals surface area (Å²) in [6.07, 6.45) is -9.42. The number of carboxylic acids is 1. The molecule has 0 radical (unpaired) electrons. The Hall–Kier alpha value is -4.04. The van der Waals surface area contributed by atoms with Crippen molar-refractivity contribution in [2.45, 2.75) is 30.7 Å². The first-order valence-electron chi connectivity index (χ1n) is 10.0. The highest BCUT2D eigenvalue weighted by molar-refractivity contribution is 5.88. The van der Waals surface area contributed by atoms with E-state index in [9.17, 15) is 40.2 Å². The molecule has 0 aliphatic carbocycles. The van der Waals surface area contributed by atoms with Crippen LogP contribution >= 0.6 is 0 Å². The number of phenols is 2. The van der Waals surface area contributed by atoms with Crippen molar-refractivity contribution in [2.75, 3.05) is 7.11 Å². The summed E-state index contributed by atoms with van der Waals surface area (Å²) in [7, 11) is 1.30. The summed E-state index contributed by atoms with van der Waals surface area (Å²) in [5.41, 5.74) is -1.12. The number of methoxy groups -OCH3 is 1. The van der Waals surface area contributed by atoms with E-state index < -0.39 is 59.0 Å². The molecule has 0 spiro atoms. The van der Waals surface area contributed by atoms with Gasteiger partial charge in [0, 0.05) is 17.7 Å². The molecule has 5 atom stereocenters. The number of ether oxygens (including phenoxy) is 3. The van der Waals surface area contributed by atoms with Crippen LogP contribution in [0.1, 0.15) is 0 Å². The molecule has 3 aromatic rings. The van der Waals surface area contributed by atoms with Crippen molar-refractivity contribution in [3.63, 3.8) is 0 Å². The largest absolute Gasteiger partial charge is 0.507 e. The van der Waals surface area contributed by atoms with Crippen molar-refractivity contribution >= 4 is 16.9 Å². The van der Waals surface area contributed by atoms with Crippen LogP contribution < -0.4 is 14.9 Å². The lowest BCUT2D eigenvalue weighted by Crippen LogP contribution is -2.61. The van der Waals surface area contributed by atoms with E-state index in [1.54, 1.807) is 0 Å². The number of rotatable bonds is 5. The number of hydrogen-bond acceptors (Lipinski definition) is 12. The predicted octanol–water partition coefficient (Wildman–Crippen LogP) is -0.144. The molecule has 1 aromatic heterocycles. The molecule has 0 bridgehead atoms. The maximum atomic E-state index is 12.7. The highest BCUT2D eigenvalue weighted by Crippen LogP contribution is 2.38. The van der Waals surface area contributed by atoms with Crippen LogP contribution in [0.4, 0.5) is 0 Å². The Balaban J connectivity index is 1.77. The molecular weight excluding hydrogens is 472 g/mol. The third-order valence-corrected chi connectivity index (χ3v) is 5.43. The summed E-state index contributed by atoms with van der Waals surface area (Å²) in [4.78, 5) is 24.0. The van der Waals surface area contributed by atoms with Crippen molar-refractivity contribution in [1.82, 2.24) is 0 Å². The quantitative estimate of drug-likeness (QED) is 0.247. The van der Waals surface area contributed by atoms with E-state index in [2.05, 4.69) is 0 Å². The van der Waals surface area contributed by atoms with Crippen LogP contribution in [0.2, 0.25) is 0 Å². The van der Waals surface area contributed by atoms with Gasteiger partial charge in [0.15, 0.2) is 23.4 Å². The smallest absolute Gasteiger partial charge is 0.335 e. The molecule has 0 saturated carbocycles. The van der Waals surface area contributed by atoms with Gasteiger partial charge in [0.2, 0.25) is 17.5 Å². The third kappa shape index (κ3) is 4.17. The average molecular weight is 492 g/mol. The second kappa shape index (κ2) is 8.96. The minimum Gasteiger partial charge on any atom is -0.507 e. The van der Waals surface area contributed by atoms with Crippen LogP contribution in [0.5, 0.6) is 28.7 Å². The fourth-order valence-electron chi connectivity index (χ4n) is 3.63. The zero-order valence-electron chi connectivity index (χ0n) is 17.9. The van der Waals surface area contributed by atoms with Gasteiger partial charge in [0.25, 0.3) is 0 Å². The Labute approximate surface area is 195 Å². The van der Waals surface area contributed by atoms with Gasteiger partial charge in [-0.1, -0.05) is 0 Å². The molecule has 0 amide bonds. The lowest BCUT2D eigenvalue weighted by Gasteiger charge is -2.38. The van der Waals surface area contributed by atoms with Crippen LogP contribution in [0, 0.1) is 0 Å². The van der Waals surface area contributed by atoms with Crippen LogP contribution in [0.25, 0.3) is 22.3 Å². The van der Waals surface area contributed by atoms with Crippen LogP contribution in [-0.2, 0) is 9.53 Å². The van der Waals surface area contributed by atoms with Crippen LogP contribution in [-0.4, -0.2) is 79.5 Å². The SMILES string of the molecule is COc1cc(-c2oc3cc(O[C@@H]4O[C@H](C(=O)O)[C@@H](O)[C@H](O)[C@H]4O)cc(O)c3c(=O)c2O)ccc1O. The first-order chi connectivity index (χ1) is 16.5. The average Bonchev–Trinajstić information content (AvgIpc) is 2.81. The Bertz CT molecular complexity index is 1350. The summed E-state index contributed by atoms with van der Waals surface area (Å²) in [6.45, 7) is 0. The van der Waals surface area contributed by atoms with E-state index in [4.69, 9.17) is 23.7 Å². The minimum absolute atomic E-state index is 0.0294. The summed E-state index contributed by atoms with van der Waals surface area (Å²) >= 11 is 0. The van der Waals surface area contributed by atoms with Gasteiger partial charge in [0.1, 0.15) is 40.8 Å². The van der Waals surface area contributed by atoms with Crippen molar-refractivity contribution in [2.24, 2.45) is 0 Å². The topological polar surface area (TPSA) is 217 Å². The summed E-state index contributed by atoms with van der Waals surface area (Å²) in [6, 6.07) is 5.90. The van der Waals surface area contributed by atoms with Crippen molar-refractivity contribution in [1.29, 1.82) is 0 Å². The molecule has 0 unspecified atom stereocenters. The van der Waals surface area contributed by atoms with Crippen molar-refractivity contribution < 1.29 is 59.2 Å². The van der Waals surface area contributed by atoms with Gasteiger partial charge < -0.3 is 54.4 Å². The van der Waals surface area contributed by atoms with Crippen molar-refractivity contribution in [3.8, 4) is 40.1 Å². The highest BCUT2D eigenvalue weighted by Gasteiger charge is 2.48. The maximum absolute atomic E-state index is 12.7. The standard InChI is InChI=1S/C22H20O13/c1-32-11-4-7(2-3-9(11)23)19-16(27)14(25)13-10(24)5-8(6-12(13)34-19)33-22-18(29)15(26)17(28)20(35-22)21(30)31/h2-6,15,17-18,20,22-24,26-29H,1H3,(H,30,31)/t15-,17-,18+,20-,22+/m0/s1. The van der Waals surface area contributed by atoms with Gasteiger partial charge in [-0.2, -0.15) is 0 Å². The Morgan fingerprint density at radius 2 is 1.69 bits per heavy atom. The van der Waals surface area contributed by atoms with E-state index in [0.717, 1.165) is 12.1 Å². The number of carbonyl (C=O) groups is 1. The molecule has 35 heavy (non-hydrogen) atoms. The number of carboxylic acid groups (broad SMARTS) is 1. The third-order valence-electron chi connectivity index (χ3n) is 5.43. The number of hydrogen-bond donors (Lipinski definition) is 7. The molecule has 1 aliphatic rings. The van der Waals surface area contributed by atoms with E-state index in [-0.39, 0.29) is 34.2 Å². The normalized spacial score (nSPS) is 24.3. The predicted molar refractivity (Wildman–Crippen MR) is 114 cm³/mol. The van der Waals surface area contributed by atoms with Gasteiger partial charge in [0.05, 0.1) is 7.11 Å². The van der Waals surface area contributed by atoms with Crippen LogP contribution in [0.15, 0.2) is 39.5 Å². The maximum Gasteiger partial charge on any atom is 0.335 e. The van der Waals surface area contributed by atoms with Gasteiger partial charge in [-0.25, -0.2) is 4.79 Å². The van der Waals surface area contributed by atoms with Gasteiger partial charge in [-0.05, 0) is 18.2 Å². The van der Waals surface area contributed by atoms with E-state index in [1.165, 1.54) is 25.3 Å². The lowest BCUT2D eigenvalue weighted by atomic mass is 9.99. The zero-order valence-corrected chi connectivity index (χ0v) is 17.9. The Kier molecular flexibility index (Phi) is 6.17. The monoisotopic (exact) mass is 492 g/mol. The number of aromatic hydroxyl groups is 3. The number of fused-ring (bicyclic) bond motifs is 1. The molecule has 4 rings (SSSR count). The summed E-state index contributed by atoms with van der Waals surface area (Å²) in [5, 5.41) is 69.2. The Morgan fingerprint density at radius 3 is 2.34 bits per heavy atom. The first kappa shape index (κ1) is 24.1. The van der Waals surface area contributed by atoms with E-state index in [0.29, 0.717) is 0 Å². The molecule has 1 fully saturated rings. The molecule has 1 saturated heterocycles. The fraction of sp³-hybridized carbons (Fsp3) is 0.273. The van der Waals surface area contributed by atoms with Gasteiger partial charge >= 0.3 is 5.97 Å². The highest BCUT2D eigenvalue weighted by atomic mass is 16.7. The van der Waals surface area contributed by atoms with Crippen LogP contribution in [0.3, 0.4) is 0 Å². The second-order valence-electron chi connectivity index (χ2n) is 7.66. The number of aliphatic hydroxyl groups is 3. The Morgan fingerprint density at radius 1 is 0.971 bits per heavy atom. The van der Waals surface area contributed by atoms with Crippen molar-refractivity contribution in [3.05, 3.63) is 40.6 Å². The first-order valence-corrected chi connectivity index (χ1v) is 10.0. The minimum atomic E-state index is -1.93. The molecule has 1 aliphatic heterocycles. The molecule has 2 heterocycles. The van der Waals surface area contributed by atoms with Gasteiger partial charge in [-0.15, -0.1) is 0 Å². The second-order valence-corrected chi connectivity index (χ2v) is 7.66. The molecule has 13 nitrogen and oxygen atoms in total. The molecule has 13 heteroatoms. The lowest BCUT2D eigenvalue weighted by molar-refractivity contribution is -0.271. The summed E-state index contributed by atoms with van der Waals surface area (Å²) < 4.78 is 21.0. The van der Waals surface area contributed by atoms with E-state index in [1.807, 2.05) is 0 Å². The summed E-state index contributed by atoms with van der Waals surface area (Å²) in [5.74, 6) is -3.90. The fourth-order valence-corrected chi connectivity index (χ4v) is 3.63. The zero-order chi connectivity index (χ0) is 25.6. The number of benzene rings is 2. The molecule has 7 N–H and O–H groups in total. The molecular formula is C22H20O13. The molecule has 186 valence electrons.